The van der Waals surface area contributed by atoms with E-state index in [0.717, 1.165) is 17.1 Å². The molecular formula is C28H45N5O7S. The third-order valence-corrected chi connectivity index (χ3v) is 9.30. The van der Waals surface area contributed by atoms with Crippen LogP contribution in [0.25, 0.3) is 0 Å². The summed E-state index contributed by atoms with van der Waals surface area (Å²) >= 11 is 0. The highest BCUT2D eigenvalue weighted by molar-refractivity contribution is 7.87. The lowest BCUT2D eigenvalue weighted by Gasteiger charge is -2.31. The highest BCUT2D eigenvalue weighted by atomic mass is 32.2. The van der Waals surface area contributed by atoms with Crippen LogP contribution in [0.1, 0.15) is 86.0 Å². The van der Waals surface area contributed by atoms with Crippen molar-refractivity contribution in [3.63, 3.8) is 0 Å². The second-order valence-corrected chi connectivity index (χ2v) is 14.1. The Bertz CT molecular complexity index is 1190. The van der Waals surface area contributed by atoms with Crippen LogP contribution in [-0.4, -0.2) is 84.3 Å². The maximum atomic E-state index is 13.7. The first-order chi connectivity index (χ1) is 19.1. The number of hydrogen-bond acceptors (Lipinski definition) is 7. The number of rotatable bonds is 5. The van der Waals surface area contributed by atoms with E-state index < -0.39 is 57.3 Å². The summed E-state index contributed by atoms with van der Waals surface area (Å²) in [7, 11) is -2.77. The molecule has 0 radical (unpaired) electrons. The number of hydrogen-bond donors (Lipinski definition) is 3. The van der Waals surface area contributed by atoms with Crippen LogP contribution in [0.3, 0.4) is 0 Å². The van der Waals surface area contributed by atoms with Crippen LogP contribution in [-0.2, 0) is 29.3 Å². The SMILES string of the molecule is CC(C)N(C)S(=O)(=O)NC(=O)[C@@]12C[C@H]1C=C=CCCCCC[C@H](NC(=O)OC(C)(C)C)C(=O)N1CCC[C@H]1C(=O)N2. The molecule has 41 heavy (non-hydrogen) atoms. The molecule has 2 fully saturated rings. The van der Waals surface area contributed by atoms with Crippen molar-refractivity contribution in [2.75, 3.05) is 13.6 Å². The molecule has 0 aromatic heterocycles. The summed E-state index contributed by atoms with van der Waals surface area (Å²) in [6.45, 7) is 8.89. The van der Waals surface area contributed by atoms with Crippen molar-refractivity contribution >= 4 is 34.0 Å². The lowest BCUT2D eigenvalue weighted by atomic mass is 10.0. The molecule has 2 aliphatic heterocycles. The van der Waals surface area contributed by atoms with Gasteiger partial charge < -0.3 is 20.3 Å². The molecule has 0 bridgehead atoms. The van der Waals surface area contributed by atoms with Gasteiger partial charge in [0, 0.05) is 25.6 Å². The molecule has 0 aromatic carbocycles. The van der Waals surface area contributed by atoms with Crippen molar-refractivity contribution in [2.45, 2.75) is 115 Å². The van der Waals surface area contributed by atoms with Gasteiger partial charge in [-0.15, -0.1) is 5.73 Å². The first-order valence-corrected chi connectivity index (χ1v) is 15.8. The smallest absolute Gasteiger partial charge is 0.408 e. The standard InChI is InChI=1S/C28H45N5O7S/c1-19(2)32(6)41(38,39)31-25(36)28-18-20(28)14-11-9-7-8-10-12-15-21(29-26(37)40-27(3,4)5)24(35)33-17-13-16-22(33)23(34)30-28/h9,14,19-22H,7-8,10,12-13,15-18H2,1-6H3,(H,29,37)(H,30,34)(H,31,36)/t11?,20-,21+,22+,28-/m1/s1. The number of nitrogens with one attached hydrogen (secondary N) is 3. The van der Waals surface area contributed by atoms with E-state index in [2.05, 4.69) is 21.1 Å². The Morgan fingerprint density at radius 2 is 1.88 bits per heavy atom. The van der Waals surface area contributed by atoms with Crippen LogP contribution in [0.5, 0.6) is 0 Å². The van der Waals surface area contributed by atoms with Crippen LogP contribution < -0.4 is 15.4 Å². The number of carbonyl (C=O) groups is 4. The van der Waals surface area contributed by atoms with Gasteiger partial charge in [0.2, 0.25) is 11.8 Å². The van der Waals surface area contributed by atoms with Gasteiger partial charge in [-0.2, -0.15) is 12.7 Å². The first-order valence-electron chi connectivity index (χ1n) is 14.4. The summed E-state index contributed by atoms with van der Waals surface area (Å²) in [6, 6.07) is -2.12. The molecule has 0 spiro atoms. The summed E-state index contributed by atoms with van der Waals surface area (Å²) in [4.78, 5) is 54.7. The highest BCUT2D eigenvalue weighted by Gasteiger charge is 2.61. The van der Waals surface area contributed by atoms with Crippen molar-refractivity contribution < 1.29 is 32.3 Å². The fourth-order valence-electron chi connectivity index (χ4n) is 5.06. The molecule has 2 heterocycles. The number of fused-ring (bicyclic) bond motifs is 2. The Hall–Kier alpha value is -2.89. The van der Waals surface area contributed by atoms with Gasteiger partial charge in [0.15, 0.2) is 0 Å². The second-order valence-electron chi connectivity index (χ2n) is 12.4. The van der Waals surface area contributed by atoms with Crippen molar-refractivity contribution in [2.24, 2.45) is 5.92 Å². The van der Waals surface area contributed by atoms with E-state index in [-0.39, 0.29) is 18.4 Å². The Morgan fingerprint density at radius 3 is 2.54 bits per heavy atom. The molecule has 13 heteroatoms. The number of nitrogens with zero attached hydrogens (tertiary/aromatic N) is 2. The van der Waals surface area contributed by atoms with E-state index in [1.807, 2.05) is 6.08 Å². The van der Waals surface area contributed by atoms with Gasteiger partial charge in [-0.25, -0.2) is 9.52 Å². The average molecular weight is 596 g/mol. The fourth-order valence-corrected chi connectivity index (χ4v) is 6.18. The van der Waals surface area contributed by atoms with Crippen molar-refractivity contribution in [3.8, 4) is 0 Å². The zero-order chi connectivity index (χ0) is 30.6. The Balaban J connectivity index is 1.87. The second kappa shape index (κ2) is 13.0. The van der Waals surface area contributed by atoms with Crippen LogP contribution in [0.4, 0.5) is 4.79 Å². The van der Waals surface area contributed by atoms with E-state index in [0.29, 0.717) is 38.6 Å². The molecule has 4 atom stereocenters. The largest absolute Gasteiger partial charge is 0.444 e. The maximum Gasteiger partial charge on any atom is 0.408 e. The zero-order valence-electron chi connectivity index (χ0n) is 25.0. The van der Waals surface area contributed by atoms with Crippen molar-refractivity contribution in [1.82, 2.24) is 24.6 Å². The molecule has 4 amide bonds. The van der Waals surface area contributed by atoms with Gasteiger partial charge >= 0.3 is 16.3 Å². The Kier molecular flexibility index (Phi) is 10.3. The summed E-state index contributed by atoms with van der Waals surface area (Å²) in [5.41, 5.74) is 0.865. The number of amides is 4. The van der Waals surface area contributed by atoms with Gasteiger partial charge in [-0.1, -0.05) is 12.8 Å². The lowest BCUT2D eigenvalue weighted by molar-refractivity contribution is -0.141. The van der Waals surface area contributed by atoms with Crippen LogP contribution in [0.15, 0.2) is 17.9 Å². The van der Waals surface area contributed by atoms with Gasteiger partial charge in [0.05, 0.1) is 0 Å². The highest BCUT2D eigenvalue weighted by Crippen LogP contribution is 2.45. The third kappa shape index (κ3) is 8.33. The Labute approximate surface area is 243 Å². The molecular weight excluding hydrogens is 550 g/mol. The average Bonchev–Trinajstić information content (AvgIpc) is 3.32. The molecule has 1 saturated heterocycles. The van der Waals surface area contributed by atoms with E-state index in [9.17, 15) is 27.6 Å². The molecule has 3 N–H and O–H groups in total. The molecule has 230 valence electrons. The minimum Gasteiger partial charge on any atom is -0.444 e. The van der Waals surface area contributed by atoms with E-state index in [1.165, 1.54) is 11.9 Å². The predicted molar refractivity (Wildman–Crippen MR) is 153 cm³/mol. The summed E-state index contributed by atoms with van der Waals surface area (Å²) in [5.74, 6) is -2.21. The van der Waals surface area contributed by atoms with Gasteiger partial charge in [-0.3, -0.25) is 14.4 Å². The van der Waals surface area contributed by atoms with E-state index in [4.69, 9.17) is 4.74 Å². The zero-order valence-corrected chi connectivity index (χ0v) is 25.8. The molecule has 1 aliphatic carbocycles. The first kappa shape index (κ1) is 32.6. The minimum absolute atomic E-state index is 0.204. The van der Waals surface area contributed by atoms with Crippen molar-refractivity contribution in [1.29, 1.82) is 0 Å². The topological polar surface area (TPSA) is 154 Å². The minimum atomic E-state index is -4.14. The predicted octanol–water partition coefficient (Wildman–Crippen LogP) is 2.12. The molecule has 0 aromatic rings. The molecule has 1 saturated carbocycles. The number of alkyl carbamates (subject to hydrolysis) is 1. The van der Waals surface area contributed by atoms with Crippen LogP contribution >= 0.6 is 0 Å². The van der Waals surface area contributed by atoms with Gasteiger partial charge in [0.25, 0.3) is 5.91 Å². The van der Waals surface area contributed by atoms with E-state index in [1.54, 1.807) is 40.7 Å². The lowest BCUT2D eigenvalue weighted by Crippen LogP contribution is -2.59. The Morgan fingerprint density at radius 1 is 1.17 bits per heavy atom. The monoisotopic (exact) mass is 595 g/mol. The molecule has 3 rings (SSSR count). The van der Waals surface area contributed by atoms with Gasteiger partial charge in [0.1, 0.15) is 23.2 Å². The number of ether oxygens (including phenoxy) is 1. The van der Waals surface area contributed by atoms with Crippen molar-refractivity contribution in [3.05, 3.63) is 17.9 Å². The summed E-state index contributed by atoms with van der Waals surface area (Å²) < 4.78 is 34.1. The van der Waals surface area contributed by atoms with Crippen LogP contribution in [0.2, 0.25) is 0 Å². The normalized spacial score (nSPS) is 27.7. The third-order valence-electron chi connectivity index (χ3n) is 7.68. The maximum absolute atomic E-state index is 13.7. The molecule has 3 aliphatic rings. The fraction of sp³-hybridized carbons (Fsp3) is 0.750. The quantitative estimate of drug-likeness (QED) is 0.412. The van der Waals surface area contributed by atoms with Crippen LogP contribution in [0, 0.1) is 5.92 Å². The summed E-state index contributed by atoms with van der Waals surface area (Å²) in [6.07, 6.45) is 7.45. The number of carbonyl (C=O) groups excluding carboxylic acids is 4. The summed E-state index contributed by atoms with van der Waals surface area (Å²) in [5, 5.41) is 5.49. The van der Waals surface area contributed by atoms with Gasteiger partial charge in [-0.05, 0) is 85.3 Å². The van der Waals surface area contributed by atoms with E-state index >= 15 is 0 Å². The molecule has 12 nitrogen and oxygen atoms in total. The molecule has 0 unspecified atom stereocenters.